The van der Waals surface area contributed by atoms with Gasteiger partial charge in [0, 0.05) is 29.6 Å². The molecule has 1 aliphatic rings. The lowest BCUT2D eigenvalue weighted by atomic mass is 9.95. The van der Waals surface area contributed by atoms with Crippen molar-refractivity contribution in [1.82, 2.24) is 14.7 Å². The number of nitriles is 1. The molecule has 0 saturated heterocycles. The molecule has 1 atom stereocenters. The second kappa shape index (κ2) is 6.36. The lowest BCUT2D eigenvalue weighted by Gasteiger charge is -2.24. The average Bonchev–Trinajstić information content (AvgIpc) is 3.33. The molecule has 0 radical (unpaired) electrons. The monoisotopic (exact) mass is 334 g/mol. The van der Waals surface area contributed by atoms with Crippen LogP contribution in [-0.4, -0.2) is 14.7 Å². The van der Waals surface area contributed by atoms with Gasteiger partial charge in [0.25, 0.3) is 0 Å². The fraction of sp³-hybridized carbons (Fsp3) is 0.450. The molecule has 3 aromatic heterocycles. The fourth-order valence-corrected chi connectivity index (χ4v) is 4.28. The Morgan fingerprint density at radius 2 is 2.16 bits per heavy atom. The van der Waals surface area contributed by atoms with Crippen molar-refractivity contribution in [2.45, 2.75) is 52.0 Å². The minimum Gasteiger partial charge on any atom is -0.361 e. The van der Waals surface area contributed by atoms with Crippen LogP contribution in [0.25, 0.3) is 22.2 Å². The average molecular weight is 334 g/mol. The van der Waals surface area contributed by atoms with Gasteiger partial charge in [-0.1, -0.05) is 18.0 Å². The number of fused-ring (bicyclic) bond motifs is 1. The molecule has 0 spiro atoms. The number of nitrogens with zero attached hydrogens (tertiary/aromatic N) is 4. The van der Waals surface area contributed by atoms with E-state index in [4.69, 9.17) is 4.52 Å². The first-order valence-corrected chi connectivity index (χ1v) is 8.96. The summed E-state index contributed by atoms with van der Waals surface area (Å²) in [5, 5.41) is 13.4. The van der Waals surface area contributed by atoms with Crippen LogP contribution in [-0.2, 0) is 0 Å². The Bertz CT molecular complexity index is 921. The fourth-order valence-electron chi connectivity index (χ4n) is 4.28. The molecule has 3 aromatic rings. The Hall–Kier alpha value is -2.61. The van der Waals surface area contributed by atoms with Gasteiger partial charge in [0.05, 0.1) is 29.2 Å². The molecular weight excluding hydrogens is 312 g/mol. The molecule has 0 amide bonds. The van der Waals surface area contributed by atoms with E-state index in [1.807, 2.05) is 26.1 Å². The minimum absolute atomic E-state index is 0.228. The highest BCUT2D eigenvalue weighted by Crippen LogP contribution is 2.38. The topological polar surface area (TPSA) is 67.6 Å². The van der Waals surface area contributed by atoms with Crippen LogP contribution < -0.4 is 0 Å². The summed E-state index contributed by atoms with van der Waals surface area (Å²) in [5.41, 5.74) is 4.97. The summed E-state index contributed by atoms with van der Waals surface area (Å²) in [4.78, 5) is 4.64. The van der Waals surface area contributed by atoms with Gasteiger partial charge >= 0.3 is 0 Å². The van der Waals surface area contributed by atoms with Crippen LogP contribution in [0.2, 0.25) is 0 Å². The number of hydrogen-bond donors (Lipinski definition) is 0. The first kappa shape index (κ1) is 15.9. The summed E-state index contributed by atoms with van der Waals surface area (Å²) in [7, 11) is 0. The van der Waals surface area contributed by atoms with E-state index in [0.29, 0.717) is 12.3 Å². The predicted molar refractivity (Wildman–Crippen MR) is 95.9 cm³/mol. The molecule has 128 valence electrons. The first-order chi connectivity index (χ1) is 12.2. The Kier molecular flexibility index (Phi) is 4.04. The van der Waals surface area contributed by atoms with E-state index >= 15 is 0 Å². The van der Waals surface area contributed by atoms with Crippen molar-refractivity contribution in [3.63, 3.8) is 0 Å². The van der Waals surface area contributed by atoms with Crippen molar-refractivity contribution in [1.29, 1.82) is 5.26 Å². The van der Waals surface area contributed by atoms with Gasteiger partial charge in [0.1, 0.15) is 5.76 Å². The molecule has 25 heavy (non-hydrogen) atoms. The quantitative estimate of drug-likeness (QED) is 0.677. The normalized spacial score (nSPS) is 16.4. The Morgan fingerprint density at radius 1 is 1.36 bits per heavy atom. The third kappa shape index (κ3) is 2.72. The van der Waals surface area contributed by atoms with Gasteiger partial charge in [-0.05, 0) is 44.7 Å². The third-order valence-electron chi connectivity index (χ3n) is 5.49. The smallest absolute Gasteiger partial charge is 0.141 e. The van der Waals surface area contributed by atoms with Gasteiger partial charge < -0.3 is 9.09 Å². The van der Waals surface area contributed by atoms with Gasteiger partial charge in [-0.15, -0.1) is 0 Å². The highest BCUT2D eigenvalue weighted by atomic mass is 16.5. The molecule has 0 aromatic carbocycles. The van der Waals surface area contributed by atoms with E-state index in [0.717, 1.165) is 33.6 Å². The Balaban J connectivity index is 1.82. The summed E-state index contributed by atoms with van der Waals surface area (Å²) in [6, 6.07) is 6.83. The maximum atomic E-state index is 9.35. The molecule has 0 aliphatic heterocycles. The minimum atomic E-state index is 0.228. The lowest BCUT2D eigenvalue weighted by molar-refractivity contribution is 0.347. The highest BCUT2D eigenvalue weighted by Gasteiger charge is 2.27. The standard InChI is InChI=1S/C20H22N4O/c1-13-20(14(2)25-23-13)16-11-19-17(22-12-16)8-10-24(19)18(7-9-21)15-5-3-4-6-15/h8,10-12,15,18H,3-7H2,1-2H3. The van der Waals surface area contributed by atoms with Crippen LogP contribution in [0.3, 0.4) is 0 Å². The Labute approximate surface area is 147 Å². The molecule has 0 N–H and O–H groups in total. The van der Waals surface area contributed by atoms with Crippen molar-refractivity contribution in [3.05, 3.63) is 36.0 Å². The van der Waals surface area contributed by atoms with Crippen molar-refractivity contribution in [3.8, 4) is 17.2 Å². The third-order valence-corrected chi connectivity index (χ3v) is 5.49. The van der Waals surface area contributed by atoms with E-state index in [1.165, 1.54) is 25.7 Å². The second-order valence-electron chi connectivity index (χ2n) is 7.02. The molecular formula is C20H22N4O. The molecule has 5 nitrogen and oxygen atoms in total. The summed E-state index contributed by atoms with van der Waals surface area (Å²) < 4.78 is 7.58. The zero-order valence-corrected chi connectivity index (χ0v) is 14.7. The van der Waals surface area contributed by atoms with Crippen LogP contribution in [0.15, 0.2) is 29.0 Å². The first-order valence-electron chi connectivity index (χ1n) is 8.96. The van der Waals surface area contributed by atoms with E-state index < -0.39 is 0 Å². The van der Waals surface area contributed by atoms with Crippen molar-refractivity contribution in [2.75, 3.05) is 0 Å². The molecule has 1 fully saturated rings. The lowest BCUT2D eigenvalue weighted by Crippen LogP contribution is -2.16. The van der Waals surface area contributed by atoms with E-state index in [2.05, 4.69) is 33.0 Å². The van der Waals surface area contributed by atoms with Crippen LogP contribution >= 0.6 is 0 Å². The van der Waals surface area contributed by atoms with Crippen LogP contribution in [0.4, 0.5) is 0 Å². The van der Waals surface area contributed by atoms with Crippen LogP contribution in [0.5, 0.6) is 0 Å². The number of aryl methyl sites for hydroxylation is 2. The molecule has 4 rings (SSSR count). The summed E-state index contributed by atoms with van der Waals surface area (Å²) in [6.07, 6.45) is 9.49. The summed E-state index contributed by atoms with van der Waals surface area (Å²) in [5.74, 6) is 1.39. The van der Waals surface area contributed by atoms with Gasteiger partial charge in [0.15, 0.2) is 0 Å². The van der Waals surface area contributed by atoms with Gasteiger partial charge in [-0.2, -0.15) is 5.26 Å². The molecule has 1 saturated carbocycles. The number of pyridine rings is 1. The van der Waals surface area contributed by atoms with Gasteiger partial charge in [-0.3, -0.25) is 4.98 Å². The predicted octanol–water partition coefficient (Wildman–Crippen LogP) is 4.95. The maximum Gasteiger partial charge on any atom is 0.141 e. The zero-order valence-electron chi connectivity index (χ0n) is 14.7. The van der Waals surface area contributed by atoms with Crippen molar-refractivity contribution >= 4 is 11.0 Å². The zero-order chi connectivity index (χ0) is 17.4. The number of rotatable bonds is 4. The van der Waals surface area contributed by atoms with Crippen molar-refractivity contribution < 1.29 is 4.52 Å². The summed E-state index contributed by atoms with van der Waals surface area (Å²) in [6.45, 7) is 3.88. The molecule has 0 bridgehead atoms. The van der Waals surface area contributed by atoms with Gasteiger partial charge in [0.2, 0.25) is 0 Å². The Morgan fingerprint density at radius 3 is 2.84 bits per heavy atom. The van der Waals surface area contributed by atoms with E-state index in [9.17, 15) is 5.26 Å². The van der Waals surface area contributed by atoms with E-state index in [1.54, 1.807) is 0 Å². The highest BCUT2D eigenvalue weighted by molar-refractivity contribution is 5.82. The largest absolute Gasteiger partial charge is 0.361 e. The number of aromatic nitrogens is 3. The molecule has 1 unspecified atom stereocenters. The van der Waals surface area contributed by atoms with Crippen molar-refractivity contribution in [2.24, 2.45) is 5.92 Å². The van der Waals surface area contributed by atoms with Crippen LogP contribution in [0.1, 0.15) is 49.6 Å². The van der Waals surface area contributed by atoms with Crippen LogP contribution in [0, 0.1) is 31.1 Å². The molecule has 1 aliphatic carbocycles. The SMILES string of the molecule is Cc1noc(C)c1-c1cnc2ccn(C(CC#N)C3CCCC3)c2c1. The summed E-state index contributed by atoms with van der Waals surface area (Å²) >= 11 is 0. The van der Waals surface area contributed by atoms with Gasteiger partial charge in [-0.25, -0.2) is 0 Å². The second-order valence-corrected chi connectivity index (χ2v) is 7.02. The van der Waals surface area contributed by atoms with E-state index in [-0.39, 0.29) is 6.04 Å². The molecule has 5 heteroatoms. The molecule has 3 heterocycles. The number of hydrogen-bond acceptors (Lipinski definition) is 4. The maximum absolute atomic E-state index is 9.35.